The highest BCUT2D eigenvalue weighted by atomic mass is 35.5. The SMILES string of the molecule is CC1Oc2cc(NC(=O)CCCOc3ccc(Cl)cc3Cl)ccc2N(Cc2ccccc2)C1=O. The minimum Gasteiger partial charge on any atom is -0.492 e. The van der Waals surface area contributed by atoms with Crippen molar-refractivity contribution in [2.24, 2.45) is 0 Å². The third kappa shape index (κ3) is 5.82. The molecule has 0 fully saturated rings. The number of anilines is 2. The first kappa shape index (κ1) is 23.9. The summed E-state index contributed by atoms with van der Waals surface area (Å²) in [6.45, 7) is 2.52. The Morgan fingerprint density at radius 1 is 1.09 bits per heavy atom. The summed E-state index contributed by atoms with van der Waals surface area (Å²) in [6, 6.07) is 20.1. The maximum absolute atomic E-state index is 12.7. The molecule has 3 aromatic rings. The smallest absolute Gasteiger partial charge is 0.268 e. The van der Waals surface area contributed by atoms with Crippen LogP contribution >= 0.6 is 23.2 Å². The molecular formula is C26H24Cl2N2O4. The van der Waals surface area contributed by atoms with Gasteiger partial charge in [0.1, 0.15) is 11.5 Å². The summed E-state index contributed by atoms with van der Waals surface area (Å²) in [5.41, 5.74) is 2.31. The molecule has 34 heavy (non-hydrogen) atoms. The van der Waals surface area contributed by atoms with Crippen LogP contribution in [0.1, 0.15) is 25.3 Å². The summed E-state index contributed by atoms with van der Waals surface area (Å²) in [5.74, 6) is 0.837. The summed E-state index contributed by atoms with van der Waals surface area (Å²) >= 11 is 12.0. The van der Waals surface area contributed by atoms with Gasteiger partial charge in [-0.05, 0) is 49.2 Å². The monoisotopic (exact) mass is 498 g/mol. The predicted octanol–water partition coefficient (Wildman–Crippen LogP) is 6.11. The standard InChI is InChI=1S/C26H24Cl2N2O4/c1-17-26(32)30(16-18-6-3-2-4-7-18)22-11-10-20(15-24(22)34-17)29-25(31)8-5-13-33-23-12-9-19(27)14-21(23)28/h2-4,6-7,9-12,14-15,17H,5,8,13,16H2,1H3,(H,29,31). The second-order valence-electron chi connectivity index (χ2n) is 7.93. The van der Waals surface area contributed by atoms with Gasteiger partial charge in [0.2, 0.25) is 5.91 Å². The second-order valence-corrected chi connectivity index (χ2v) is 8.77. The molecule has 0 spiro atoms. The summed E-state index contributed by atoms with van der Waals surface area (Å²) in [4.78, 5) is 26.9. The minimum absolute atomic E-state index is 0.103. The van der Waals surface area contributed by atoms with Crippen molar-refractivity contribution < 1.29 is 19.1 Å². The number of benzene rings is 3. The first-order valence-corrected chi connectivity index (χ1v) is 11.7. The molecular weight excluding hydrogens is 475 g/mol. The molecule has 1 aliphatic heterocycles. The van der Waals surface area contributed by atoms with E-state index in [1.165, 1.54) is 0 Å². The normalized spacial score (nSPS) is 14.9. The molecule has 3 aromatic carbocycles. The lowest BCUT2D eigenvalue weighted by atomic mass is 10.1. The van der Waals surface area contributed by atoms with Gasteiger partial charge in [0.15, 0.2) is 6.10 Å². The van der Waals surface area contributed by atoms with E-state index < -0.39 is 6.10 Å². The third-order valence-corrected chi connectivity index (χ3v) is 5.87. The van der Waals surface area contributed by atoms with Gasteiger partial charge in [-0.3, -0.25) is 9.59 Å². The van der Waals surface area contributed by atoms with Crippen molar-refractivity contribution in [3.63, 3.8) is 0 Å². The van der Waals surface area contributed by atoms with Crippen molar-refractivity contribution in [2.75, 3.05) is 16.8 Å². The number of amides is 2. The Labute approximate surface area is 208 Å². The van der Waals surface area contributed by atoms with Crippen molar-refractivity contribution in [1.29, 1.82) is 0 Å². The van der Waals surface area contributed by atoms with E-state index >= 15 is 0 Å². The number of carbonyl (C=O) groups excluding carboxylic acids is 2. The first-order chi connectivity index (χ1) is 16.4. The number of nitrogens with one attached hydrogen (secondary N) is 1. The molecule has 0 saturated heterocycles. The largest absolute Gasteiger partial charge is 0.492 e. The topological polar surface area (TPSA) is 67.9 Å². The average molecular weight is 499 g/mol. The number of fused-ring (bicyclic) bond motifs is 1. The summed E-state index contributed by atoms with van der Waals surface area (Å²) in [7, 11) is 0. The van der Waals surface area contributed by atoms with Gasteiger partial charge < -0.3 is 19.7 Å². The fraction of sp³-hybridized carbons (Fsp3) is 0.231. The molecule has 4 rings (SSSR count). The molecule has 6 nitrogen and oxygen atoms in total. The molecule has 0 saturated carbocycles. The van der Waals surface area contributed by atoms with Gasteiger partial charge in [0.05, 0.1) is 23.9 Å². The number of hydrogen-bond acceptors (Lipinski definition) is 4. The van der Waals surface area contributed by atoms with Crippen LogP contribution in [0.15, 0.2) is 66.7 Å². The van der Waals surface area contributed by atoms with E-state index in [0.717, 1.165) is 5.56 Å². The quantitative estimate of drug-likeness (QED) is 0.380. The fourth-order valence-corrected chi connectivity index (χ4v) is 4.11. The highest BCUT2D eigenvalue weighted by Gasteiger charge is 2.31. The van der Waals surface area contributed by atoms with E-state index in [9.17, 15) is 9.59 Å². The van der Waals surface area contributed by atoms with Crippen molar-refractivity contribution in [2.45, 2.75) is 32.4 Å². The van der Waals surface area contributed by atoms with Gasteiger partial charge in [0.25, 0.3) is 5.91 Å². The Morgan fingerprint density at radius 2 is 1.88 bits per heavy atom. The molecule has 2 amide bonds. The van der Waals surface area contributed by atoms with Crippen LogP contribution in [0.4, 0.5) is 11.4 Å². The molecule has 0 radical (unpaired) electrons. The molecule has 0 aliphatic carbocycles. The molecule has 1 N–H and O–H groups in total. The molecule has 1 unspecified atom stereocenters. The summed E-state index contributed by atoms with van der Waals surface area (Å²) < 4.78 is 11.4. The molecule has 176 valence electrons. The average Bonchev–Trinajstić information content (AvgIpc) is 2.81. The lowest BCUT2D eigenvalue weighted by Crippen LogP contribution is -2.44. The highest BCUT2D eigenvalue weighted by molar-refractivity contribution is 6.35. The summed E-state index contributed by atoms with van der Waals surface area (Å²) in [5, 5.41) is 3.84. The van der Waals surface area contributed by atoms with Crippen LogP contribution in [0.3, 0.4) is 0 Å². The number of nitrogens with zero attached hydrogens (tertiary/aromatic N) is 1. The molecule has 1 aliphatic rings. The minimum atomic E-state index is -0.612. The summed E-state index contributed by atoms with van der Waals surface area (Å²) in [6.07, 6.45) is 0.180. The maximum atomic E-state index is 12.7. The van der Waals surface area contributed by atoms with Gasteiger partial charge in [-0.15, -0.1) is 0 Å². The molecule has 1 heterocycles. The van der Waals surface area contributed by atoms with Crippen LogP contribution in [0.25, 0.3) is 0 Å². The van der Waals surface area contributed by atoms with Crippen LogP contribution in [-0.2, 0) is 16.1 Å². The van der Waals surface area contributed by atoms with Gasteiger partial charge in [0, 0.05) is 23.2 Å². The van der Waals surface area contributed by atoms with Crippen molar-refractivity contribution in [3.05, 3.63) is 82.3 Å². The van der Waals surface area contributed by atoms with Crippen LogP contribution in [-0.4, -0.2) is 24.5 Å². The van der Waals surface area contributed by atoms with Gasteiger partial charge in [-0.25, -0.2) is 0 Å². The third-order valence-electron chi connectivity index (χ3n) is 5.34. The van der Waals surface area contributed by atoms with Crippen LogP contribution < -0.4 is 19.7 Å². The molecule has 0 bridgehead atoms. The zero-order chi connectivity index (χ0) is 24.1. The Kier molecular flexibility index (Phi) is 7.60. The van der Waals surface area contributed by atoms with E-state index in [1.54, 1.807) is 48.2 Å². The van der Waals surface area contributed by atoms with E-state index in [0.29, 0.717) is 52.5 Å². The number of rotatable bonds is 8. The van der Waals surface area contributed by atoms with E-state index in [-0.39, 0.29) is 18.2 Å². The van der Waals surface area contributed by atoms with E-state index in [2.05, 4.69) is 5.32 Å². The molecule has 1 atom stereocenters. The number of carbonyl (C=O) groups is 2. The lowest BCUT2D eigenvalue weighted by molar-refractivity contribution is -0.125. The van der Waals surface area contributed by atoms with E-state index in [4.69, 9.17) is 32.7 Å². The van der Waals surface area contributed by atoms with Gasteiger partial charge >= 0.3 is 0 Å². The van der Waals surface area contributed by atoms with Crippen LogP contribution in [0.2, 0.25) is 10.0 Å². The van der Waals surface area contributed by atoms with Crippen LogP contribution in [0, 0.1) is 0 Å². The zero-order valence-corrected chi connectivity index (χ0v) is 20.1. The fourth-order valence-electron chi connectivity index (χ4n) is 3.65. The second kappa shape index (κ2) is 10.8. The van der Waals surface area contributed by atoms with Gasteiger partial charge in [-0.1, -0.05) is 53.5 Å². The Bertz CT molecular complexity index is 1190. The Hall–Kier alpha value is -3.22. The van der Waals surface area contributed by atoms with Gasteiger partial charge in [-0.2, -0.15) is 0 Å². The molecule has 0 aromatic heterocycles. The number of halogens is 2. The van der Waals surface area contributed by atoms with Crippen molar-refractivity contribution in [1.82, 2.24) is 0 Å². The number of hydrogen-bond donors (Lipinski definition) is 1. The number of ether oxygens (including phenoxy) is 2. The van der Waals surface area contributed by atoms with E-state index in [1.807, 2.05) is 30.3 Å². The highest BCUT2D eigenvalue weighted by Crippen LogP contribution is 2.37. The Balaban J connectivity index is 1.35. The molecule has 8 heteroatoms. The predicted molar refractivity (Wildman–Crippen MR) is 134 cm³/mol. The zero-order valence-electron chi connectivity index (χ0n) is 18.6. The maximum Gasteiger partial charge on any atom is 0.268 e. The van der Waals surface area contributed by atoms with Crippen molar-refractivity contribution in [3.8, 4) is 11.5 Å². The Morgan fingerprint density at radius 3 is 2.65 bits per heavy atom. The first-order valence-electron chi connectivity index (χ1n) is 10.9. The van der Waals surface area contributed by atoms with Crippen molar-refractivity contribution >= 4 is 46.4 Å². The lowest BCUT2D eigenvalue weighted by Gasteiger charge is -2.33. The van der Waals surface area contributed by atoms with Crippen LogP contribution in [0.5, 0.6) is 11.5 Å².